The van der Waals surface area contributed by atoms with Crippen LogP contribution < -0.4 is 0 Å². The van der Waals surface area contributed by atoms with Crippen LogP contribution in [-0.2, 0) is 33.2 Å². The first-order valence-electron chi connectivity index (χ1n) is 15.7. The fourth-order valence-electron chi connectivity index (χ4n) is 12.3. The molecule has 1 spiro atoms. The van der Waals surface area contributed by atoms with Gasteiger partial charge in [-0.25, -0.2) is 4.79 Å². The average molecular weight is 697 g/mol. The second-order valence-corrected chi connectivity index (χ2v) is 14.2. The SMILES string of the molecule is Br.COC[C@@]12CC[C@H](OC)[C@]34C([C@H]([C@H](OC)[C@H]13)[C@]1(OC(C)=O)[C@H]3[C@@H](OC(=O)c5ccccc5)[C@](O)(C[C@H]34)[C@@H](OC)[C@@H]1O)N(C)C2. The topological polar surface area (TPSA) is 133 Å². The van der Waals surface area contributed by atoms with Crippen LogP contribution in [-0.4, -0.2) is 123 Å². The van der Waals surface area contributed by atoms with Gasteiger partial charge < -0.3 is 43.5 Å². The molecule has 1 saturated heterocycles. The van der Waals surface area contributed by atoms with Crippen LogP contribution in [0.1, 0.15) is 36.5 Å². The number of piperidine rings is 1. The summed E-state index contributed by atoms with van der Waals surface area (Å²) >= 11 is 0. The molecule has 5 saturated carbocycles. The smallest absolute Gasteiger partial charge is 0.338 e. The summed E-state index contributed by atoms with van der Waals surface area (Å²) in [5.74, 6) is -2.96. The van der Waals surface area contributed by atoms with E-state index in [9.17, 15) is 19.8 Å². The number of rotatable bonds is 8. The highest BCUT2D eigenvalue weighted by Crippen LogP contribution is 2.80. The van der Waals surface area contributed by atoms with E-state index in [4.69, 9.17) is 28.4 Å². The second-order valence-electron chi connectivity index (χ2n) is 14.2. The molecule has 7 rings (SSSR count). The van der Waals surface area contributed by atoms with E-state index in [-0.39, 0.29) is 52.8 Å². The summed E-state index contributed by atoms with van der Waals surface area (Å²) in [4.78, 5) is 29.2. The minimum atomic E-state index is -1.76. The van der Waals surface area contributed by atoms with Crippen LogP contribution in [0.3, 0.4) is 0 Å². The van der Waals surface area contributed by atoms with Gasteiger partial charge in [-0.15, -0.1) is 17.0 Å². The number of methoxy groups -OCH3 is 4. The van der Waals surface area contributed by atoms with Crippen molar-refractivity contribution in [1.29, 1.82) is 0 Å². The molecular formula is C33H46BrNO10. The number of aliphatic hydroxyl groups excluding tert-OH is 1. The molecular weight excluding hydrogens is 650 g/mol. The average Bonchev–Trinajstić information content (AvgIpc) is 3.39. The number of hydrogen-bond donors (Lipinski definition) is 2. The molecule has 11 nitrogen and oxygen atoms in total. The molecule has 1 aliphatic heterocycles. The van der Waals surface area contributed by atoms with Gasteiger partial charge in [0.25, 0.3) is 0 Å². The van der Waals surface area contributed by atoms with Gasteiger partial charge in [0, 0.05) is 76.5 Å². The van der Waals surface area contributed by atoms with Crippen LogP contribution in [0.2, 0.25) is 0 Å². The van der Waals surface area contributed by atoms with Crippen molar-refractivity contribution in [3.63, 3.8) is 0 Å². The van der Waals surface area contributed by atoms with Crippen LogP contribution in [0.15, 0.2) is 30.3 Å². The first kappa shape index (κ1) is 33.3. The normalized spacial score (nSPS) is 48.8. The Labute approximate surface area is 274 Å². The summed E-state index contributed by atoms with van der Waals surface area (Å²) in [7, 11) is 8.63. The third-order valence-corrected chi connectivity index (χ3v) is 12.8. The third kappa shape index (κ3) is 3.88. The van der Waals surface area contributed by atoms with E-state index >= 15 is 0 Å². The lowest BCUT2D eigenvalue weighted by molar-refractivity contribution is -0.316. The fourth-order valence-corrected chi connectivity index (χ4v) is 12.3. The van der Waals surface area contributed by atoms with Gasteiger partial charge in [0.15, 0.2) is 5.60 Å². The molecule has 2 N–H and O–H groups in total. The number of nitrogens with zero attached hydrogens (tertiary/aromatic N) is 1. The molecule has 1 heterocycles. The minimum absolute atomic E-state index is 0. The zero-order valence-corrected chi connectivity index (χ0v) is 28.4. The summed E-state index contributed by atoms with van der Waals surface area (Å²) in [6.07, 6.45) is -2.66. The minimum Gasteiger partial charge on any atom is -0.455 e. The van der Waals surface area contributed by atoms with E-state index in [0.717, 1.165) is 19.4 Å². The first-order valence-corrected chi connectivity index (χ1v) is 15.7. The fraction of sp³-hybridized carbons (Fsp3) is 0.758. The predicted molar refractivity (Wildman–Crippen MR) is 165 cm³/mol. The number of halogens is 1. The summed E-state index contributed by atoms with van der Waals surface area (Å²) < 4.78 is 37.5. The summed E-state index contributed by atoms with van der Waals surface area (Å²) in [6.45, 7) is 2.56. The standard InChI is InChI=1S/C33H45NO10.BrH/c1-17(35)44-33-21-19(14-31(38,28(42-6)26(33)36)27(21)43-29(37)18-10-8-7-9-11-18)32-20(40-4)12-13-30(16-39-3)15-34(2)25(32)22(33)23(41-5)24(30)32;/h7-11,19-28,36,38H,12-16H2,1-6H3;1H/t19-,20+,21-,22+,23+,24-,25?,26+,27-,28+,30+,31-,32+,33-;/m1./s1. The van der Waals surface area contributed by atoms with E-state index in [1.165, 1.54) is 14.0 Å². The first-order chi connectivity index (χ1) is 21.0. The van der Waals surface area contributed by atoms with Crippen molar-refractivity contribution < 1.29 is 48.2 Å². The molecule has 14 atom stereocenters. The zero-order valence-electron chi connectivity index (χ0n) is 26.7. The molecule has 1 aromatic rings. The largest absolute Gasteiger partial charge is 0.455 e. The summed E-state index contributed by atoms with van der Waals surface area (Å²) in [5.41, 5.74) is -3.93. The molecule has 0 amide bonds. The monoisotopic (exact) mass is 695 g/mol. The number of carbonyl (C=O) groups excluding carboxylic acids is 2. The van der Waals surface area contributed by atoms with Crippen LogP contribution in [0.5, 0.6) is 0 Å². The Morgan fingerprint density at radius 3 is 2.33 bits per heavy atom. The maximum Gasteiger partial charge on any atom is 0.338 e. The van der Waals surface area contributed by atoms with E-state index in [2.05, 4.69) is 11.9 Å². The Balaban J connectivity index is 0.00000357. The lowest BCUT2D eigenvalue weighted by Gasteiger charge is -2.69. The van der Waals surface area contributed by atoms with E-state index in [1.54, 1.807) is 45.6 Å². The van der Waals surface area contributed by atoms with Gasteiger partial charge in [0.1, 0.15) is 23.9 Å². The van der Waals surface area contributed by atoms with E-state index in [0.29, 0.717) is 12.2 Å². The van der Waals surface area contributed by atoms with Crippen molar-refractivity contribution in [2.45, 2.75) is 73.9 Å². The molecule has 0 aromatic heterocycles. The van der Waals surface area contributed by atoms with Crippen LogP contribution >= 0.6 is 17.0 Å². The molecule has 6 fully saturated rings. The Morgan fingerprint density at radius 1 is 1.02 bits per heavy atom. The summed E-state index contributed by atoms with van der Waals surface area (Å²) in [6, 6.07) is 8.39. The van der Waals surface area contributed by atoms with Crippen molar-refractivity contribution in [3.05, 3.63) is 35.9 Å². The number of hydrogen-bond acceptors (Lipinski definition) is 11. The maximum absolute atomic E-state index is 13.7. The lowest BCUT2D eigenvalue weighted by atomic mass is 9.43. The molecule has 7 bridgehead atoms. The zero-order chi connectivity index (χ0) is 31.4. The molecule has 1 unspecified atom stereocenters. The van der Waals surface area contributed by atoms with Crippen LogP contribution in [0, 0.1) is 34.5 Å². The van der Waals surface area contributed by atoms with E-state index in [1.807, 2.05) is 6.07 Å². The highest BCUT2D eigenvalue weighted by atomic mass is 79.9. The van der Waals surface area contributed by atoms with Gasteiger partial charge in [-0.2, -0.15) is 0 Å². The number of fused-ring (bicyclic) bond motifs is 2. The van der Waals surface area contributed by atoms with Crippen molar-refractivity contribution in [2.24, 2.45) is 34.5 Å². The van der Waals surface area contributed by atoms with E-state index < -0.39 is 64.8 Å². The van der Waals surface area contributed by atoms with Crippen molar-refractivity contribution in [3.8, 4) is 0 Å². The molecule has 250 valence electrons. The van der Waals surface area contributed by atoms with Gasteiger partial charge in [0.2, 0.25) is 0 Å². The molecule has 0 radical (unpaired) electrons. The Bertz CT molecular complexity index is 1320. The molecule has 5 aliphatic carbocycles. The van der Waals surface area contributed by atoms with Crippen LogP contribution in [0.4, 0.5) is 0 Å². The Morgan fingerprint density at radius 2 is 1.73 bits per heavy atom. The molecule has 1 aromatic carbocycles. The number of ether oxygens (including phenoxy) is 6. The number of benzene rings is 1. The van der Waals surface area contributed by atoms with Gasteiger partial charge >= 0.3 is 11.9 Å². The molecule has 45 heavy (non-hydrogen) atoms. The van der Waals surface area contributed by atoms with Gasteiger partial charge in [-0.3, -0.25) is 4.79 Å². The predicted octanol–water partition coefficient (Wildman–Crippen LogP) is 1.87. The number of aliphatic hydroxyl groups is 2. The quantitative estimate of drug-likeness (QED) is 0.386. The van der Waals surface area contributed by atoms with Crippen molar-refractivity contribution >= 4 is 28.9 Å². The third-order valence-electron chi connectivity index (χ3n) is 12.8. The Kier molecular flexibility index (Phi) is 8.30. The Hall–Kier alpha value is -1.64. The second kappa shape index (κ2) is 11.2. The molecule has 6 aliphatic rings. The van der Waals surface area contributed by atoms with Crippen molar-refractivity contribution in [2.75, 3.05) is 48.6 Å². The number of esters is 2. The summed E-state index contributed by atoms with van der Waals surface area (Å²) in [5, 5.41) is 25.1. The number of likely N-dealkylation sites (tertiary alicyclic amines) is 1. The van der Waals surface area contributed by atoms with Gasteiger partial charge in [0.05, 0.1) is 24.4 Å². The highest BCUT2D eigenvalue weighted by Gasteiger charge is 2.91. The van der Waals surface area contributed by atoms with Gasteiger partial charge in [-0.05, 0) is 44.4 Å². The maximum atomic E-state index is 13.7. The van der Waals surface area contributed by atoms with Gasteiger partial charge in [-0.1, -0.05) is 18.2 Å². The van der Waals surface area contributed by atoms with Crippen LogP contribution in [0.25, 0.3) is 0 Å². The van der Waals surface area contributed by atoms with Crippen molar-refractivity contribution in [1.82, 2.24) is 4.90 Å². The number of carbonyl (C=O) groups is 2. The molecule has 12 heteroatoms. The highest BCUT2D eigenvalue weighted by molar-refractivity contribution is 8.93. The lowest BCUT2D eigenvalue weighted by Crippen LogP contribution is -2.80.